The van der Waals surface area contributed by atoms with Crippen LogP contribution in [-0.4, -0.2) is 5.91 Å². The van der Waals surface area contributed by atoms with Gasteiger partial charge in [0.25, 0.3) is 5.91 Å². The Morgan fingerprint density at radius 1 is 0.960 bits per heavy atom. The third kappa shape index (κ3) is 3.88. The molecule has 0 aliphatic heterocycles. The highest BCUT2D eigenvalue weighted by Gasteiger charge is 2.14. The summed E-state index contributed by atoms with van der Waals surface area (Å²) in [5.74, 6) is -0.229. The topological polar surface area (TPSA) is 52.9 Å². The first-order valence-corrected chi connectivity index (χ1v) is 8.18. The highest BCUT2D eigenvalue weighted by Crippen LogP contribution is 2.30. The van der Waals surface area contributed by atoms with Crippen molar-refractivity contribution in [3.63, 3.8) is 0 Å². The minimum absolute atomic E-state index is 0.229. The second kappa shape index (κ2) is 7.65. The van der Waals surface area contributed by atoms with E-state index in [9.17, 15) is 4.79 Å². The summed E-state index contributed by atoms with van der Waals surface area (Å²) in [7, 11) is 0. The summed E-state index contributed by atoms with van der Waals surface area (Å²) in [5, 5.41) is 12.1. The van der Waals surface area contributed by atoms with Crippen LogP contribution in [-0.2, 0) is 6.54 Å². The summed E-state index contributed by atoms with van der Waals surface area (Å²) < 4.78 is 0. The zero-order valence-corrected chi connectivity index (χ0v) is 14.1. The summed E-state index contributed by atoms with van der Waals surface area (Å²) >= 11 is 6.46. The third-order valence-electron chi connectivity index (χ3n) is 3.86. The first-order chi connectivity index (χ1) is 12.2. The number of carbonyl (C=O) groups excluding carboxylic acids is 1. The van der Waals surface area contributed by atoms with Gasteiger partial charge in [-0.1, -0.05) is 66.2 Å². The van der Waals surface area contributed by atoms with Gasteiger partial charge in [0.15, 0.2) is 0 Å². The van der Waals surface area contributed by atoms with Gasteiger partial charge in [-0.15, -0.1) is 0 Å². The van der Waals surface area contributed by atoms with Crippen LogP contribution < -0.4 is 5.32 Å². The van der Waals surface area contributed by atoms with E-state index >= 15 is 0 Å². The number of benzene rings is 3. The van der Waals surface area contributed by atoms with Crippen molar-refractivity contribution in [2.24, 2.45) is 0 Å². The van der Waals surface area contributed by atoms with E-state index in [2.05, 4.69) is 11.4 Å². The number of nitrogens with zero attached hydrogens (tertiary/aromatic N) is 1. The lowest BCUT2D eigenvalue weighted by atomic mass is 10.0. The molecule has 0 heterocycles. The van der Waals surface area contributed by atoms with Gasteiger partial charge in [-0.05, 0) is 29.3 Å². The minimum Gasteiger partial charge on any atom is -0.348 e. The largest absolute Gasteiger partial charge is 0.348 e. The Labute approximate surface area is 151 Å². The van der Waals surface area contributed by atoms with Crippen molar-refractivity contribution in [1.82, 2.24) is 5.32 Å². The van der Waals surface area contributed by atoms with Gasteiger partial charge in [-0.25, -0.2) is 0 Å². The number of hydrogen-bond acceptors (Lipinski definition) is 2. The summed E-state index contributed by atoms with van der Waals surface area (Å²) in [6.45, 7) is 0.371. The molecular weight excluding hydrogens is 332 g/mol. The van der Waals surface area contributed by atoms with E-state index in [1.807, 2.05) is 54.6 Å². The molecular formula is C21H15ClN2O. The van der Waals surface area contributed by atoms with Crippen LogP contribution in [0.15, 0.2) is 72.8 Å². The van der Waals surface area contributed by atoms with Crippen molar-refractivity contribution in [3.05, 3.63) is 94.5 Å². The van der Waals surface area contributed by atoms with Crippen LogP contribution in [0.4, 0.5) is 0 Å². The third-order valence-corrected chi connectivity index (χ3v) is 4.27. The predicted molar refractivity (Wildman–Crippen MR) is 99.2 cm³/mol. The van der Waals surface area contributed by atoms with Crippen LogP contribution in [0.2, 0.25) is 5.02 Å². The molecule has 3 aromatic carbocycles. The number of nitrogens with one attached hydrogen (secondary N) is 1. The van der Waals surface area contributed by atoms with Gasteiger partial charge in [0.2, 0.25) is 0 Å². The van der Waals surface area contributed by atoms with E-state index in [-0.39, 0.29) is 5.91 Å². The molecule has 0 aliphatic rings. The number of rotatable bonds is 4. The van der Waals surface area contributed by atoms with E-state index in [0.29, 0.717) is 22.7 Å². The molecule has 122 valence electrons. The maximum absolute atomic E-state index is 12.5. The van der Waals surface area contributed by atoms with Crippen LogP contribution in [0.3, 0.4) is 0 Å². The summed E-state index contributed by atoms with van der Waals surface area (Å²) in [6.07, 6.45) is 0. The predicted octanol–water partition coefficient (Wildman–Crippen LogP) is 4.81. The van der Waals surface area contributed by atoms with E-state index in [1.54, 1.807) is 18.2 Å². The average molecular weight is 347 g/mol. The normalized spacial score (nSPS) is 10.1. The first-order valence-electron chi connectivity index (χ1n) is 7.80. The van der Waals surface area contributed by atoms with Crippen molar-refractivity contribution in [3.8, 4) is 17.2 Å². The lowest BCUT2D eigenvalue weighted by Crippen LogP contribution is -2.23. The maximum Gasteiger partial charge on any atom is 0.253 e. The molecule has 3 rings (SSSR count). The Morgan fingerprint density at radius 2 is 1.68 bits per heavy atom. The molecule has 0 spiro atoms. The Morgan fingerprint density at radius 3 is 2.36 bits per heavy atom. The SMILES string of the molecule is N#Cc1ccc(CNC(=O)c2cccc(-c3ccccc3)c2Cl)cc1. The molecule has 3 aromatic rings. The van der Waals surface area contributed by atoms with Crippen molar-refractivity contribution in [2.75, 3.05) is 0 Å². The van der Waals surface area contributed by atoms with Gasteiger partial charge < -0.3 is 5.32 Å². The molecule has 0 fully saturated rings. The second-order valence-electron chi connectivity index (χ2n) is 5.52. The zero-order valence-electron chi connectivity index (χ0n) is 13.4. The van der Waals surface area contributed by atoms with E-state index < -0.39 is 0 Å². The quantitative estimate of drug-likeness (QED) is 0.737. The van der Waals surface area contributed by atoms with Crippen LogP contribution >= 0.6 is 11.6 Å². The number of amides is 1. The molecule has 0 bridgehead atoms. The maximum atomic E-state index is 12.5. The van der Waals surface area contributed by atoms with Gasteiger partial charge in [0, 0.05) is 12.1 Å². The first kappa shape index (κ1) is 16.8. The van der Waals surface area contributed by atoms with Crippen LogP contribution in [0.25, 0.3) is 11.1 Å². The lowest BCUT2D eigenvalue weighted by Gasteiger charge is -2.10. The molecule has 0 unspecified atom stereocenters. The van der Waals surface area contributed by atoms with Gasteiger partial charge in [0.1, 0.15) is 0 Å². The fraction of sp³-hybridized carbons (Fsp3) is 0.0476. The highest BCUT2D eigenvalue weighted by atomic mass is 35.5. The summed E-state index contributed by atoms with van der Waals surface area (Å²) in [4.78, 5) is 12.5. The fourth-order valence-corrected chi connectivity index (χ4v) is 2.84. The van der Waals surface area contributed by atoms with E-state index in [4.69, 9.17) is 16.9 Å². The Bertz CT molecular complexity index is 928. The number of carbonyl (C=O) groups is 1. The molecule has 25 heavy (non-hydrogen) atoms. The number of nitriles is 1. The van der Waals surface area contributed by atoms with Crippen molar-refractivity contribution >= 4 is 17.5 Å². The smallest absolute Gasteiger partial charge is 0.253 e. The molecule has 0 aliphatic carbocycles. The molecule has 4 heteroatoms. The Kier molecular flexibility index (Phi) is 5.13. The van der Waals surface area contributed by atoms with Crippen molar-refractivity contribution in [2.45, 2.75) is 6.54 Å². The number of halogens is 1. The lowest BCUT2D eigenvalue weighted by molar-refractivity contribution is 0.0951. The van der Waals surface area contributed by atoms with Gasteiger partial charge >= 0.3 is 0 Å². The van der Waals surface area contributed by atoms with Crippen LogP contribution in [0.5, 0.6) is 0 Å². The minimum atomic E-state index is -0.229. The van der Waals surface area contributed by atoms with Crippen molar-refractivity contribution < 1.29 is 4.79 Å². The average Bonchev–Trinajstić information content (AvgIpc) is 2.67. The highest BCUT2D eigenvalue weighted by molar-refractivity contribution is 6.36. The van der Waals surface area contributed by atoms with E-state index in [0.717, 1.165) is 16.7 Å². The molecule has 0 aromatic heterocycles. The molecule has 0 radical (unpaired) electrons. The van der Waals surface area contributed by atoms with Crippen LogP contribution in [0.1, 0.15) is 21.5 Å². The monoisotopic (exact) mass is 346 g/mol. The van der Waals surface area contributed by atoms with Crippen LogP contribution in [0, 0.1) is 11.3 Å². The van der Waals surface area contributed by atoms with Gasteiger partial charge in [0.05, 0.1) is 22.2 Å². The zero-order chi connectivity index (χ0) is 17.6. The Balaban J connectivity index is 1.77. The molecule has 0 saturated carbocycles. The molecule has 1 N–H and O–H groups in total. The molecule has 0 saturated heterocycles. The number of hydrogen-bond donors (Lipinski definition) is 1. The molecule has 3 nitrogen and oxygen atoms in total. The molecule has 0 atom stereocenters. The van der Waals surface area contributed by atoms with E-state index in [1.165, 1.54) is 0 Å². The summed E-state index contributed by atoms with van der Waals surface area (Å²) in [5.41, 5.74) is 3.75. The molecule has 1 amide bonds. The van der Waals surface area contributed by atoms with Gasteiger partial charge in [-0.3, -0.25) is 4.79 Å². The summed E-state index contributed by atoms with van der Waals surface area (Å²) in [6, 6.07) is 24.3. The Hall–Kier alpha value is -3.09. The van der Waals surface area contributed by atoms with Crippen molar-refractivity contribution in [1.29, 1.82) is 5.26 Å². The fourth-order valence-electron chi connectivity index (χ4n) is 2.52. The second-order valence-corrected chi connectivity index (χ2v) is 5.90. The standard InChI is InChI=1S/C21H15ClN2O/c22-20-18(17-5-2-1-3-6-17)7-4-8-19(20)21(25)24-14-16-11-9-15(13-23)10-12-16/h1-12H,14H2,(H,24,25). The van der Waals surface area contributed by atoms with Gasteiger partial charge in [-0.2, -0.15) is 5.26 Å².